The number of carbonyl (C=O) groups excluding carboxylic acids is 1. The minimum absolute atomic E-state index is 0.0188. The van der Waals surface area contributed by atoms with Gasteiger partial charge in [0.05, 0.1) is 14.2 Å². The summed E-state index contributed by atoms with van der Waals surface area (Å²) in [6, 6.07) is 7.95. The molecule has 28 heavy (non-hydrogen) atoms. The molecule has 2 aromatic rings. The van der Waals surface area contributed by atoms with Crippen molar-refractivity contribution in [3.63, 3.8) is 0 Å². The highest BCUT2D eigenvalue weighted by molar-refractivity contribution is 6.07. The monoisotopic (exact) mass is 400 g/mol. The van der Waals surface area contributed by atoms with E-state index in [9.17, 15) is 22.4 Å². The minimum Gasteiger partial charge on any atom is -0.493 e. The molecule has 0 spiro atoms. The van der Waals surface area contributed by atoms with Crippen molar-refractivity contribution >= 4 is 11.9 Å². The highest BCUT2D eigenvalue weighted by Gasteiger charge is 2.14. The van der Waals surface area contributed by atoms with E-state index < -0.39 is 19.0 Å². The van der Waals surface area contributed by atoms with Crippen LogP contribution in [-0.4, -0.2) is 33.2 Å². The van der Waals surface area contributed by atoms with Crippen molar-refractivity contribution in [3.8, 4) is 23.0 Å². The Balaban J connectivity index is 2.19. The number of carbonyl (C=O) groups is 1. The van der Waals surface area contributed by atoms with Crippen LogP contribution in [0.3, 0.4) is 0 Å². The van der Waals surface area contributed by atoms with Gasteiger partial charge < -0.3 is 18.9 Å². The molecule has 9 heteroatoms. The van der Waals surface area contributed by atoms with Crippen molar-refractivity contribution in [1.82, 2.24) is 0 Å². The molecule has 0 aliphatic carbocycles. The van der Waals surface area contributed by atoms with Gasteiger partial charge >= 0.3 is 13.2 Å². The lowest BCUT2D eigenvalue weighted by Crippen LogP contribution is -2.04. The largest absolute Gasteiger partial charge is 0.493 e. The normalized spacial score (nSPS) is 11.1. The maximum absolute atomic E-state index is 12.3. The third-order valence-electron chi connectivity index (χ3n) is 3.50. The Kier molecular flexibility index (Phi) is 7.25. The summed E-state index contributed by atoms with van der Waals surface area (Å²) in [5.41, 5.74) is 0.677. The maximum Gasteiger partial charge on any atom is 0.387 e. The minimum atomic E-state index is -3.03. The second-order valence-electron chi connectivity index (χ2n) is 5.23. The summed E-state index contributed by atoms with van der Waals surface area (Å²) >= 11 is 0. The number of allylic oxidation sites excluding steroid dienone is 1. The van der Waals surface area contributed by atoms with E-state index in [0.29, 0.717) is 5.56 Å². The van der Waals surface area contributed by atoms with Crippen LogP contribution in [0.4, 0.5) is 17.6 Å². The number of ketones is 1. The molecule has 0 bridgehead atoms. The Labute approximate surface area is 158 Å². The predicted octanol–water partition coefficient (Wildman–Crippen LogP) is 4.80. The first-order valence-corrected chi connectivity index (χ1v) is 7.82. The Hall–Kier alpha value is -3.23. The fraction of sp³-hybridized carbons (Fsp3) is 0.211. The second-order valence-corrected chi connectivity index (χ2v) is 5.23. The van der Waals surface area contributed by atoms with Crippen LogP contribution < -0.4 is 18.9 Å². The summed E-state index contributed by atoms with van der Waals surface area (Å²) in [5, 5.41) is 0. The van der Waals surface area contributed by atoms with Crippen molar-refractivity contribution in [2.24, 2.45) is 0 Å². The molecule has 0 heterocycles. The Morgan fingerprint density at radius 1 is 0.821 bits per heavy atom. The van der Waals surface area contributed by atoms with E-state index in [1.807, 2.05) is 0 Å². The van der Waals surface area contributed by atoms with Gasteiger partial charge in [-0.2, -0.15) is 17.6 Å². The van der Waals surface area contributed by atoms with Crippen molar-refractivity contribution in [2.45, 2.75) is 13.2 Å². The van der Waals surface area contributed by atoms with E-state index in [4.69, 9.17) is 9.47 Å². The molecule has 0 aromatic heterocycles. The number of ether oxygens (including phenoxy) is 4. The van der Waals surface area contributed by atoms with Gasteiger partial charge in [0, 0.05) is 5.56 Å². The van der Waals surface area contributed by atoms with Gasteiger partial charge in [-0.05, 0) is 42.0 Å². The number of hydrogen-bond donors (Lipinski definition) is 0. The van der Waals surface area contributed by atoms with Gasteiger partial charge in [0.1, 0.15) is 0 Å². The molecule has 0 atom stereocenters. The summed E-state index contributed by atoms with van der Waals surface area (Å²) in [6.45, 7) is -6.02. The number of halogens is 4. The van der Waals surface area contributed by atoms with Crippen molar-refractivity contribution < 1.29 is 41.3 Å². The first-order chi connectivity index (χ1) is 13.3. The van der Waals surface area contributed by atoms with Crippen molar-refractivity contribution in [1.29, 1.82) is 0 Å². The number of rotatable bonds is 9. The SMILES string of the molecule is COc1cc(/C=C/C(=O)c2ccc(OC(F)F)c(OC)c2)ccc1OC(F)F. The summed E-state index contributed by atoms with van der Waals surface area (Å²) in [4.78, 5) is 12.3. The number of methoxy groups -OCH3 is 2. The molecule has 2 rings (SSSR count). The Morgan fingerprint density at radius 2 is 1.36 bits per heavy atom. The van der Waals surface area contributed by atoms with E-state index in [1.165, 1.54) is 62.8 Å². The van der Waals surface area contributed by atoms with Gasteiger partial charge in [-0.3, -0.25) is 4.79 Å². The van der Waals surface area contributed by atoms with Gasteiger partial charge in [0.15, 0.2) is 28.8 Å². The quantitative estimate of drug-likeness (QED) is 0.344. The summed E-state index contributed by atoms with van der Waals surface area (Å²) < 4.78 is 67.9. The lowest BCUT2D eigenvalue weighted by Gasteiger charge is -2.10. The van der Waals surface area contributed by atoms with Crippen molar-refractivity contribution in [3.05, 3.63) is 53.6 Å². The highest BCUT2D eigenvalue weighted by atomic mass is 19.3. The van der Waals surface area contributed by atoms with Gasteiger partial charge in [0.2, 0.25) is 0 Å². The van der Waals surface area contributed by atoms with Gasteiger partial charge in [-0.25, -0.2) is 0 Å². The lowest BCUT2D eigenvalue weighted by atomic mass is 10.1. The lowest BCUT2D eigenvalue weighted by molar-refractivity contribution is -0.0518. The summed E-state index contributed by atoms with van der Waals surface area (Å²) in [7, 11) is 2.55. The van der Waals surface area contributed by atoms with Crippen molar-refractivity contribution in [2.75, 3.05) is 14.2 Å². The van der Waals surface area contributed by atoms with E-state index >= 15 is 0 Å². The van der Waals surface area contributed by atoms with Crippen LogP contribution in [0.5, 0.6) is 23.0 Å². The molecule has 0 saturated carbocycles. The van der Waals surface area contributed by atoms with Crippen LogP contribution >= 0.6 is 0 Å². The molecule has 2 aromatic carbocycles. The first-order valence-electron chi connectivity index (χ1n) is 7.82. The summed E-state index contributed by atoms with van der Waals surface area (Å²) in [6.07, 6.45) is 2.66. The van der Waals surface area contributed by atoms with Gasteiger partial charge in [0.25, 0.3) is 0 Å². The zero-order valence-electron chi connectivity index (χ0n) is 14.8. The predicted molar refractivity (Wildman–Crippen MR) is 92.6 cm³/mol. The van der Waals surface area contributed by atoms with Crippen LogP contribution in [-0.2, 0) is 0 Å². The first kappa shape index (κ1) is 21.1. The number of hydrogen-bond acceptors (Lipinski definition) is 5. The molecule has 150 valence electrons. The molecule has 0 radical (unpaired) electrons. The Bertz CT molecular complexity index is 852. The average Bonchev–Trinajstić information content (AvgIpc) is 2.66. The third kappa shape index (κ3) is 5.63. The molecule has 5 nitrogen and oxygen atoms in total. The van der Waals surface area contributed by atoms with E-state index in [2.05, 4.69) is 9.47 Å². The second kappa shape index (κ2) is 9.63. The molecule has 0 N–H and O–H groups in total. The smallest absolute Gasteiger partial charge is 0.387 e. The molecule has 0 unspecified atom stereocenters. The van der Waals surface area contributed by atoms with Gasteiger partial charge in [-0.15, -0.1) is 0 Å². The molecule has 0 aliphatic rings. The molecular formula is C19H16F4O5. The molecule has 0 saturated heterocycles. The summed E-state index contributed by atoms with van der Waals surface area (Å²) in [5.74, 6) is -0.716. The number of benzene rings is 2. The van der Waals surface area contributed by atoms with E-state index in [1.54, 1.807) is 0 Å². The third-order valence-corrected chi connectivity index (χ3v) is 3.50. The van der Waals surface area contributed by atoms with Crippen LogP contribution in [0.1, 0.15) is 15.9 Å². The molecule has 0 fully saturated rings. The zero-order chi connectivity index (χ0) is 20.7. The molecular weight excluding hydrogens is 384 g/mol. The number of alkyl halides is 4. The zero-order valence-corrected chi connectivity index (χ0v) is 14.8. The molecule has 0 amide bonds. The Morgan fingerprint density at radius 3 is 1.89 bits per heavy atom. The molecule has 0 aliphatic heterocycles. The van der Waals surface area contributed by atoms with Crippen LogP contribution in [0, 0.1) is 0 Å². The van der Waals surface area contributed by atoms with Gasteiger partial charge in [-0.1, -0.05) is 12.1 Å². The van der Waals surface area contributed by atoms with Crippen LogP contribution in [0.15, 0.2) is 42.5 Å². The van der Waals surface area contributed by atoms with Crippen LogP contribution in [0.2, 0.25) is 0 Å². The van der Waals surface area contributed by atoms with E-state index in [0.717, 1.165) is 0 Å². The fourth-order valence-electron chi connectivity index (χ4n) is 2.26. The maximum atomic E-state index is 12.3. The standard InChI is InChI=1S/C19H16F4O5/c1-25-16-9-11(4-7-14(16)27-18(20)21)3-6-13(24)12-5-8-15(28-19(22)23)17(10-12)26-2/h3-10,18-19H,1-2H3/b6-3+. The topological polar surface area (TPSA) is 54.0 Å². The fourth-order valence-corrected chi connectivity index (χ4v) is 2.26. The average molecular weight is 400 g/mol. The van der Waals surface area contributed by atoms with E-state index in [-0.39, 0.29) is 28.6 Å². The highest BCUT2D eigenvalue weighted by Crippen LogP contribution is 2.31. The van der Waals surface area contributed by atoms with Crippen LogP contribution in [0.25, 0.3) is 6.08 Å².